The van der Waals surface area contributed by atoms with E-state index < -0.39 is 5.92 Å². The normalized spacial score (nSPS) is 17.7. The molecule has 178 valence electrons. The maximum absolute atomic E-state index is 13.2. The molecule has 1 aliphatic heterocycles. The van der Waals surface area contributed by atoms with E-state index in [9.17, 15) is 9.59 Å². The molecule has 0 unspecified atom stereocenters. The molecule has 2 amide bonds. The van der Waals surface area contributed by atoms with E-state index in [0.29, 0.717) is 53.4 Å². The van der Waals surface area contributed by atoms with Gasteiger partial charge in [-0.05, 0) is 41.8 Å². The lowest BCUT2D eigenvalue weighted by Gasteiger charge is -2.21. The first-order chi connectivity index (χ1) is 15.8. The standard InChI is InChI=1S/C25H31ClN2O5/c1-15(2)12-27-24(29)20-14-28(25(30)16-7-6-8-18(26)9-16)13-19(20)17-10-21(31-3)23(33-5)22(11-17)32-4/h6-11,15,19-20H,12-14H2,1-5H3,(H,27,29)/t19-,20-/m1/s1. The number of ether oxygens (including phenoxy) is 3. The van der Waals surface area contributed by atoms with Gasteiger partial charge < -0.3 is 24.4 Å². The molecule has 1 aliphatic rings. The van der Waals surface area contributed by atoms with Gasteiger partial charge in [-0.2, -0.15) is 0 Å². The Kier molecular flexibility index (Phi) is 8.08. The molecular weight excluding hydrogens is 444 g/mol. The molecule has 0 radical (unpaired) electrons. The van der Waals surface area contributed by atoms with Crippen molar-refractivity contribution < 1.29 is 23.8 Å². The van der Waals surface area contributed by atoms with Gasteiger partial charge in [0.05, 0.1) is 27.2 Å². The molecule has 0 saturated carbocycles. The zero-order valence-corrected chi connectivity index (χ0v) is 20.4. The summed E-state index contributed by atoms with van der Waals surface area (Å²) in [6, 6.07) is 10.5. The summed E-state index contributed by atoms with van der Waals surface area (Å²) in [6.45, 7) is 5.33. The van der Waals surface area contributed by atoms with Crippen molar-refractivity contribution in [2.45, 2.75) is 19.8 Å². The Balaban J connectivity index is 1.97. The van der Waals surface area contributed by atoms with Gasteiger partial charge in [-0.1, -0.05) is 31.5 Å². The van der Waals surface area contributed by atoms with Gasteiger partial charge in [-0.3, -0.25) is 9.59 Å². The van der Waals surface area contributed by atoms with Crippen LogP contribution in [0.3, 0.4) is 0 Å². The first-order valence-corrected chi connectivity index (χ1v) is 11.3. The SMILES string of the molecule is COc1cc([C@H]2CN(C(=O)c3cccc(Cl)c3)C[C@H]2C(=O)NCC(C)C)cc(OC)c1OC. The van der Waals surface area contributed by atoms with Gasteiger partial charge in [0.1, 0.15) is 0 Å². The van der Waals surface area contributed by atoms with E-state index in [4.69, 9.17) is 25.8 Å². The third-order valence-electron chi connectivity index (χ3n) is 5.82. The van der Waals surface area contributed by atoms with Crippen molar-refractivity contribution in [2.24, 2.45) is 11.8 Å². The number of nitrogens with zero attached hydrogens (tertiary/aromatic N) is 1. The monoisotopic (exact) mass is 474 g/mol. The second kappa shape index (κ2) is 10.8. The average Bonchev–Trinajstić information content (AvgIpc) is 3.26. The molecule has 8 heteroatoms. The summed E-state index contributed by atoms with van der Waals surface area (Å²) in [4.78, 5) is 28.1. The molecule has 1 fully saturated rings. The third kappa shape index (κ3) is 5.53. The molecule has 0 aliphatic carbocycles. The number of benzene rings is 2. The quantitative estimate of drug-likeness (QED) is 0.626. The first-order valence-electron chi connectivity index (χ1n) is 10.9. The Morgan fingerprint density at radius 2 is 1.73 bits per heavy atom. The van der Waals surface area contributed by atoms with Crippen LogP contribution in [0.4, 0.5) is 0 Å². The van der Waals surface area contributed by atoms with E-state index in [2.05, 4.69) is 5.32 Å². The summed E-state index contributed by atoms with van der Waals surface area (Å²) in [5.74, 6) is 0.913. The Morgan fingerprint density at radius 3 is 2.27 bits per heavy atom. The van der Waals surface area contributed by atoms with Crippen molar-refractivity contribution in [3.8, 4) is 17.2 Å². The molecule has 33 heavy (non-hydrogen) atoms. The number of amides is 2. The lowest BCUT2D eigenvalue weighted by atomic mass is 9.87. The highest BCUT2D eigenvalue weighted by Gasteiger charge is 2.41. The van der Waals surface area contributed by atoms with Gasteiger partial charge in [-0.25, -0.2) is 0 Å². The largest absolute Gasteiger partial charge is 0.493 e. The van der Waals surface area contributed by atoms with Crippen LogP contribution in [0.1, 0.15) is 35.7 Å². The number of hydrogen-bond acceptors (Lipinski definition) is 5. The molecule has 0 spiro atoms. The Morgan fingerprint density at radius 1 is 1.06 bits per heavy atom. The highest BCUT2D eigenvalue weighted by atomic mass is 35.5. The number of methoxy groups -OCH3 is 3. The minimum atomic E-state index is -0.422. The van der Waals surface area contributed by atoms with Crippen molar-refractivity contribution in [3.63, 3.8) is 0 Å². The first kappa shape index (κ1) is 24.7. The van der Waals surface area contributed by atoms with E-state index in [1.54, 1.807) is 50.5 Å². The van der Waals surface area contributed by atoms with Crippen LogP contribution in [0.5, 0.6) is 17.2 Å². The summed E-state index contributed by atoms with van der Waals surface area (Å²) in [7, 11) is 4.65. The predicted molar refractivity (Wildman–Crippen MR) is 128 cm³/mol. The minimum absolute atomic E-state index is 0.0798. The molecule has 1 N–H and O–H groups in total. The number of hydrogen-bond donors (Lipinski definition) is 1. The number of carbonyl (C=O) groups excluding carboxylic acids is 2. The fourth-order valence-electron chi connectivity index (χ4n) is 4.13. The van der Waals surface area contributed by atoms with Gasteiger partial charge in [0.2, 0.25) is 11.7 Å². The van der Waals surface area contributed by atoms with Crippen LogP contribution >= 0.6 is 11.6 Å². The second-order valence-corrected chi connectivity index (χ2v) is 8.97. The van der Waals surface area contributed by atoms with Gasteiger partial charge >= 0.3 is 0 Å². The lowest BCUT2D eigenvalue weighted by Crippen LogP contribution is -2.37. The zero-order valence-electron chi connectivity index (χ0n) is 19.7. The molecule has 1 heterocycles. The van der Waals surface area contributed by atoms with Crippen LogP contribution in [0, 0.1) is 11.8 Å². The zero-order chi connectivity index (χ0) is 24.1. The highest BCUT2D eigenvalue weighted by molar-refractivity contribution is 6.30. The van der Waals surface area contributed by atoms with Crippen LogP contribution in [0.25, 0.3) is 0 Å². The van der Waals surface area contributed by atoms with Gasteiger partial charge in [-0.15, -0.1) is 0 Å². The number of nitrogens with one attached hydrogen (secondary N) is 1. The Hall–Kier alpha value is -2.93. The Bertz CT molecular complexity index is 985. The van der Waals surface area contributed by atoms with Crippen molar-refractivity contribution in [2.75, 3.05) is 41.0 Å². The smallest absolute Gasteiger partial charge is 0.253 e. The summed E-state index contributed by atoms with van der Waals surface area (Å²) in [5, 5.41) is 3.52. The number of halogens is 1. The average molecular weight is 475 g/mol. The van der Waals surface area contributed by atoms with E-state index in [1.165, 1.54) is 0 Å². The minimum Gasteiger partial charge on any atom is -0.493 e. The molecule has 7 nitrogen and oxygen atoms in total. The summed E-state index contributed by atoms with van der Waals surface area (Å²) in [6.07, 6.45) is 0. The fourth-order valence-corrected chi connectivity index (χ4v) is 4.32. The van der Waals surface area contributed by atoms with Crippen molar-refractivity contribution in [1.29, 1.82) is 0 Å². The van der Waals surface area contributed by atoms with E-state index >= 15 is 0 Å². The number of rotatable bonds is 8. The van der Waals surface area contributed by atoms with Gasteiger partial charge in [0.25, 0.3) is 5.91 Å². The maximum atomic E-state index is 13.2. The summed E-state index contributed by atoms with van der Waals surface area (Å²) < 4.78 is 16.5. The lowest BCUT2D eigenvalue weighted by molar-refractivity contribution is -0.125. The molecule has 2 aromatic rings. The second-order valence-electron chi connectivity index (χ2n) is 8.53. The number of likely N-dealkylation sites (tertiary alicyclic amines) is 1. The van der Waals surface area contributed by atoms with Crippen LogP contribution in [-0.2, 0) is 4.79 Å². The van der Waals surface area contributed by atoms with Crippen molar-refractivity contribution in [1.82, 2.24) is 10.2 Å². The van der Waals surface area contributed by atoms with Crippen LogP contribution < -0.4 is 19.5 Å². The maximum Gasteiger partial charge on any atom is 0.253 e. The van der Waals surface area contributed by atoms with E-state index in [-0.39, 0.29) is 17.7 Å². The third-order valence-corrected chi connectivity index (χ3v) is 6.05. The molecule has 1 saturated heterocycles. The predicted octanol–water partition coefficient (Wildman–Crippen LogP) is 3.99. The number of carbonyl (C=O) groups is 2. The van der Waals surface area contributed by atoms with Gasteiger partial charge in [0, 0.05) is 36.1 Å². The molecule has 2 atom stereocenters. The molecular formula is C25H31ClN2O5. The van der Waals surface area contributed by atoms with Crippen molar-refractivity contribution >= 4 is 23.4 Å². The highest BCUT2D eigenvalue weighted by Crippen LogP contribution is 2.43. The van der Waals surface area contributed by atoms with Crippen LogP contribution in [0.2, 0.25) is 5.02 Å². The van der Waals surface area contributed by atoms with E-state index in [1.807, 2.05) is 26.0 Å². The van der Waals surface area contributed by atoms with Crippen molar-refractivity contribution in [3.05, 3.63) is 52.5 Å². The summed E-state index contributed by atoms with van der Waals surface area (Å²) >= 11 is 6.09. The molecule has 2 aromatic carbocycles. The fraction of sp³-hybridized carbons (Fsp3) is 0.440. The van der Waals surface area contributed by atoms with E-state index in [0.717, 1.165) is 5.56 Å². The molecule has 3 rings (SSSR count). The van der Waals surface area contributed by atoms with Gasteiger partial charge in [0.15, 0.2) is 11.5 Å². The topological polar surface area (TPSA) is 77.1 Å². The summed E-state index contributed by atoms with van der Waals surface area (Å²) in [5.41, 5.74) is 1.34. The Labute approximate surface area is 200 Å². The molecule has 0 aromatic heterocycles. The van der Waals surface area contributed by atoms with Crippen LogP contribution in [-0.4, -0.2) is 57.7 Å². The van der Waals surface area contributed by atoms with Crippen LogP contribution in [0.15, 0.2) is 36.4 Å². The molecule has 0 bridgehead atoms.